The van der Waals surface area contributed by atoms with Crippen molar-refractivity contribution in [3.8, 4) is 5.75 Å². The number of para-hydroxylation sites is 1. The largest absolute Gasteiger partial charge is 0.489 e. The Morgan fingerprint density at radius 1 is 1.41 bits per heavy atom. The molecule has 0 saturated heterocycles. The van der Waals surface area contributed by atoms with Gasteiger partial charge in [0, 0.05) is 31.6 Å². The Morgan fingerprint density at radius 3 is 2.95 bits per heavy atom. The zero-order chi connectivity index (χ0) is 15.7. The molecule has 0 bridgehead atoms. The molecule has 1 aromatic rings. The molecule has 0 aromatic heterocycles. The Bertz CT molecular complexity index is 552. The van der Waals surface area contributed by atoms with Gasteiger partial charge in [-0.05, 0) is 43.6 Å². The Morgan fingerprint density at radius 2 is 2.23 bits per heavy atom. The maximum Gasteiger partial charge on any atom is 0.129 e. The molecule has 3 nitrogen and oxygen atoms in total. The molecule has 2 aliphatic rings. The molecule has 1 saturated carbocycles. The predicted octanol–water partition coefficient (Wildman–Crippen LogP) is 3.75. The van der Waals surface area contributed by atoms with Gasteiger partial charge in [-0.3, -0.25) is 0 Å². The fraction of sp³-hybridized carbons (Fsp3) is 0.632. The summed E-state index contributed by atoms with van der Waals surface area (Å²) < 4.78 is 11.8. The molecule has 4 atom stereocenters. The van der Waals surface area contributed by atoms with Gasteiger partial charge in [0.15, 0.2) is 0 Å². The highest BCUT2D eigenvalue weighted by molar-refractivity contribution is 5.75. The lowest BCUT2D eigenvalue weighted by Gasteiger charge is -2.20. The van der Waals surface area contributed by atoms with Crippen molar-refractivity contribution in [1.82, 2.24) is 0 Å². The van der Waals surface area contributed by atoms with Crippen molar-refractivity contribution in [2.24, 2.45) is 11.8 Å². The van der Waals surface area contributed by atoms with Crippen molar-refractivity contribution in [3.63, 3.8) is 0 Å². The van der Waals surface area contributed by atoms with Crippen LogP contribution in [0.4, 0.5) is 0 Å². The standard InChI is InChI=1S/C19H26O3/c1-12-10-17-18(16(12)11-21-3)15-9-5-8-14(19(15)22-17)7-4-6-13(2)20/h5,8-9,12,16-18H,4,6-7,10-11H2,1-3H3/t12-,16+,17+,18-/m1/s1. The number of carbonyl (C=O) groups is 1. The number of aryl methyl sites for hydroxylation is 1. The zero-order valence-electron chi connectivity index (χ0n) is 13.8. The highest BCUT2D eigenvalue weighted by Crippen LogP contribution is 2.53. The fourth-order valence-electron chi connectivity index (χ4n) is 4.22. The maximum absolute atomic E-state index is 11.1. The molecular weight excluding hydrogens is 276 g/mol. The fourth-order valence-corrected chi connectivity index (χ4v) is 4.22. The highest BCUT2D eigenvalue weighted by atomic mass is 16.5. The van der Waals surface area contributed by atoms with Crippen LogP contribution in [-0.2, 0) is 16.0 Å². The van der Waals surface area contributed by atoms with E-state index in [9.17, 15) is 4.79 Å². The Hall–Kier alpha value is -1.35. The van der Waals surface area contributed by atoms with Crippen LogP contribution in [0.25, 0.3) is 0 Å². The van der Waals surface area contributed by atoms with E-state index in [0.29, 0.717) is 30.3 Å². The summed E-state index contributed by atoms with van der Waals surface area (Å²) in [5.74, 6) is 3.01. The summed E-state index contributed by atoms with van der Waals surface area (Å²) in [5, 5.41) is 0. The van der Waals surface area contributed by atoms with Gasteiger partial charge in [0.25, 0.3) is 0 Å². The first-order chi connectivity index (χ1) is 10.6. The van der Waals surface area contributed by atoms with Gasteiger partial charge in [-0.1, -0.05) is 25.1 Å². The van der Waals surface area contributed by atoms with Crippen molar-refractivity contribution in [3.05, 3.63) is 29.3 Å². The first-order valence-corrected chi connectivity index (χ1v) is 8.38. The molecular formula is C19H26O3. The summed E-state index contributed by atoms with van der Waals surface area (Å²) in [7, 11) is 1.79. The molecule has 0 N–H and O–H groups in total. The van der Waals surface area contributed by atoms with Crippen LogP contribution in [0.3, 0.4) is 0 Å². The molecule has 0 spiro atoms. The molecule has 120 valence electrons. The second-order valence-corrected chi connectivity index (χ2v) is 6.91. The van der Waals surface area contributed by atoms with Crippen LogP contribution in [0, 0.1) is 11.8 Å². The molecule has 3 heteroatoms. The van der Waals surface area contributed by atoms with E-state index in [-0.39, 0.29) is 5.78 Å². The normalized spacial score (nSPS) is 29.0. The van der Waals surface area contributed by atoms with Crippen LogP contribution in [0.1, 0.15) is 50.2 Å². The molecule has 0 amide bonds. The van der Waals surface area contributed by atoms with E-state index in [1.165, 1.54) is 11.1 Å². The van der Waals surface area contributed by atoms with Gasteiger partial charge in [0.1, 0.15) is 17.6 Å². The van der Waals surface area contributed by atoms with Crippen LogP contribution in [0.5, 0.6) is 5.75 Å². The topological polar surface area (TPSA) is 35.5 Å². The molecule has 1 heterocycles. The Balaban J connectivity index is 1.81. The summed E-state index contributed by atoms with van der Waals surface area (Å²) in [6.45, 7) is 4.77. The lowest BCUT2D eigenvalue weighted by Crippen LogP contribution is -2.19. The molecule has 1 aromatic carbocycles. The molecule has 1 fully saturated rings. The van der Waals surface area contributed by atoms with Crippen molar-refractivity contribution < 1.29 is 14.3 Å². The number of benzene rings is 1. The number of hydrogen-bond donors (Lipinski definition) is 0. The molecule has 1 aliphatic carbocycles. The van der Waals surface area contributed by atoms with Gasteiger partial charge in [0.2, 0.25) is 0 Å². The Labute approximate surface area is 133 Å². The van der Waals surface area contributed by atoms with Crippen LogP contribution in [-0.4, -0.2) is 25.6 Å². The molecule has 22 heavy (non-hydrogen) atoms. The van der Waals surface area contributed by atoms with Crippen LogP contribution in [0.15, 0.2) is 18.2 Å². The predicted molar refractivity (Wildman–Crippen MR) is 86.4 cm³/mol. The monoisotopic (exact) mass is 302 g/mol. The van der Waals surface area contributed by atoms with Gasteiger partial charge >= 0.3 is 0 Å². The summed E-state index contributed by atoms with van der Waals surface area (Å²) in [6, 6.07) is 6.50. The van der Waals surface area contributed by atoms with Gasteiger partial charge in [0.05, 0.1) is 0 Å². The third-order valence-electron chi connectivity index (χ3n) is 5.29. The van der Waals surface area contributed by atoms with E-state index < -0.39 is 0 Å². The number of Topliss-reactive ketones (excluding diaryl/α,β-unsaturated/α-hetero) is 1. The first-order valence-electron chi connectivity index (χ1n) is 8.38. The van der Waals surface area contributed by atoms with Crippen molar-refractivity contribution in [2.45, 2.75) is 51.6 Å². The number of fused-ring (bicyclic) bond motifs is 3. The second-order valence-electron chi connectivity index (χ2n) is 6.91. The van der Waals surface area contributed by atoms with E-state index in [1.54, 1.807) is 14.0 Å². The lowest BCUT2D eigenvalue weighted by atomic mass is 9.85. The number of carbonyl (C=O) groups excluding carboxylic acids is 1. The van der Waals surface area contributed by atoms with Gasteiger partial charge in [-0.25, -0.2) is 0 Å². The number of ether oxygens (including phenoxy) is 2. The molecule has 0 radical (unpaired) electrons. The Kier molecular flexibility index (Phi) is 4.53. The average Bonchev–Trinajstić information content (AvgIpc) is 2.96. The third-order valence-corrected chi connectivity index (χ3v) is 5.29. The van der Waals surface area contributed by atoms with Crippen molar-refractivity contribution in [2.75, 3.05) is 13.7 Å². The highest BCUT2D eigenvalue weighted by Gasteiger charge is 2.48. The molecule has 3 rings (SSSR count). The minimum Gasteiger partial charge on any atom is -0.489 e. The van der Waals surface area contributed by atoms with Gasteiger partial charge in [-0.2, -0.15) is 0 Å². The second kappa shape index (κ2) is 6.41. The van der Waals surface area contributed by atoms with E-state index in [1.807, 2.05) is 0 Å². The average molecular weight is 302 g/mol. The van der Waals surface area contributed by atoms with Crippen LogP contribution in [0.2, 0.25) is 0 Å². The van der Waals surface area contributed by atoms with Crippen molar-refractivity contribution >= 4 is 5.78 Å². The third kappa shape index (κ3) is 2.79. The SMILES string of the molecule is COC[C@@H]1[C@H]2c3cccc(CCCC(C)=O)c3O[C@H]2C[C@H]1C. The number of hydrogen-bond acceptors (Lipinski definition) is 3. The van der Waals surface area contributed by atoms with Gasteiger partial charge < -0.3 is 14.3 Å². The molecule has 1 aliphatic heterocycles. The quantitative estimate of drug-likeness (QED) is 0.803. The van der Waals surface area contributed by atoms with Crippen molar-refractivity contribution in [1.29, 1.82) is 0 Å². The van der Waals surface area contributed by atoms with E-state index >= 15 is 0 Å². The minimum atomic E-state index is 0.263. The van der Waals surface area contributed by atoms with Crippen LogP contribution < -0.4 is 4.74 Å². The summed E-state index contributed by atoms with van der Waals surface area (Å²) in [6.07, 6.45) is 3.90. The summed E-state index contributed by atoms with van der Waals surface area (Å²) >= 11 is 0. The zero-order valence-corrected chi connectivity index (χ0v) is 13.8. The number of ketones is 1. The lowest BCUT2D eigenvalue weighted by molar-refractivity contribution is -0.117. The van der Waals surface area contributed by atoms with E-state index in [2.05, 4.69) is 25.1 Å². The maximum atomic E-state index is 11.1. The summed E-state index contributed by atoms with van der Waals surface area (Å²) in [5.41, 5.74) is 2.62. The van der Waals surface area contributed by atoms with Gasteiger partial charge in [-0.15, -0.1) is 0 Å². The smallest absolute Gasteiger partial charge is 0.129 e. The van der Waals surface area contributed by atoms with E-state index in [0.717, 1.165) is 31.6 Å². The number of methoxy groups -OCH3 is 1. The minimum absolute atomic E-state index is 0.263. The number of rotatable bonds is 6. The molecule has 0 unspecified atom stereocenters. The van der Waals surface area contributed by atoms with E-state index in [4.69, 9.17) is 9.47 Å². The first kappa shape index (κ1) is 15.5. The van der Waals surface area contributed by atoms with Crippen LogP contribution >= 0.6 is 0 Å². The summed E-state index contributed by atoms with van der Waals surface area (Å²) in [4.78, 5) is 11.1.